The predicted molar refractivity (Wildman–Crippen MR) is 85.6 cm³/mol. The smallest absolute Gasteiger partial charge is 0.211 e. The fraction of sp³-hybridized carbons (Fsp3) is 0.571. The van der Waals surface area contributed by atoms with Crippen LogP contribution in [0.4, 0.5) is 5.82 Å². The number of aromatic nitrogens is 3. The third-order valence-electron chi connectivity index (χ3n) is 3.93. The fourth-order valence-electron chi connectivity index (χ4n) is 2.81. The molecule has 120 valence electrons. The lowest BCUT2D eigenvalue weighted by Gasteiger charge is -2.34. The lowest BCUT2D eigenvalue weighted by Crippen LogP contribution is -2.48. The molecule has 2 aromatic rings. The first-order valence-corrected chi connectivity index (χ1v) is 9.37. The topological polar surface area (TPSA) is 70.8 Å². The number of sulfonamides is 1. The largest absolute Gasteiger partial charge is 0.354 e. The zero-order valence-electron chi connectivity index (χ0n) is 12.9. The first kappa shape index (κ1) is 15.2. The van der Waals surface area contributed by atoms with E-state index in [1.165, 1.54) is 10.6 Å². The Morgan fingerprint density at radius 2 is 1.95 bits per heavy atom. The van der Waals surface area contributed by atoms with Crippen LogP contribution in [-0.2, 0) is 16.4 Å². The van der Waals surface area contributed by atoms with Gasteiger partial charge in [0.2, 0.25) is 10.0 Å². The minimum absolute atomic E-state index is 0.507. The molecule has 0 amide bonds. The SMILES string of the molecule is CCCc1cc(N2CCN(S(C)(=O)=O)CC2)n2nccc2n1. The summed E-state index contributed by atoms with van der Waals surface area (Å²) in [6, 6.07) is 3.97. The van der Waals surface area contributed by atoms with Crippen LogP contribution in [0, 0.1) is 0 Å². The molecule has 1 aliphatic rings. The van der Waals surface area contributed by atoms with Gasteiger partial charge in [-0.1, -0.05) is 13.3 Å². The van der Waals surface area contributed by atoms with Crippen molar-refractivity contribution in [3.63, 3.8) is 0 Å². The molecule has 1 saturated heterocycles. The summed E-state index contributed by atoms with van der Waals surface area (Å²) in [7, 11) is -3.11. The Hall–Kier alpha value is -1.67. The van der Waals surface area contributed by atoms with Crippen LogP contribution in [0.2, 0.25) is 0 Å². The Morgan fingerprint density at radius 3 is 2.59 bits per heavy atom. The molecule has 1 fully saturated rings. The summed E-state index contributed by atoms with van der Waals surface area (Å²) >= 11 is 0. The zero-order chi connectivity index (χ0) is 15.7. The fourth-order valence-corrected chi connectivity index (χ4v) is 3.63. The van der Waals surface area contributed by atoms with Crippen LogP contribution in [0.25, 0.3) is 5.65 Å². The molecular formula is C14H21N5O2S. The Labute approximate surface area is 130 Å². The second-order valence-electron chi connectivity index (χ2n) is 5.61. The number of hydrogen-bond donors (Lipinski definition) is 0. The zero-order valence-corrected chi connectivity index (χ0v) is 13.8. The summed E-state index contributed by atoms with van der Waals surface area (Å²) in [4.78, 5) is 6.79. The van der Waals surface area contributed by atoms with Crippen molar-refractivity contribution in [2.24, 2.45) is 0 Å². The highest BCUT2D eigenvalue weighted by Crippen LogP contribution is 2.20. The number of fused-ring (bicyclic) bond motifs is 1. The minimum atomic E-state index is -3.11. The Balaban J connectivity index is 1.89. The molecule has 2 aromatic heterocycles. The molecule has 0 saturated carbocycles. The van der Waals surface area contributed by atoms with E-state index in [0.717, 1.165) is 30.0 Å². The highest BCUT2D eigenvalue weighted by Gasteiger charge is 2.25. The van der Waals surface area contributed by atoms with Gasteiger partial charge >= 0.3 is 0 Å². The molecule has 0 spiro atoms. The number of piperazine rings is 1. The second kappa shape index (κ2) is 5.85. The lowest BCUT2D eigenvalue weighted by atomic mass is 10.2. The van der Waals surface area contributed by atoms with Crippen molar-refractivity contribution in [1.82, 2.24) is 18.9 Å². The maximum Gasteiger partial charge on any atom is 0.211 e. The highest BCUT2D eigenvalue weighted by atomic mass is 32.2. The Bertz CT molecular complexity index is 763. The van der Waals surface area contributed by atoms with Crippen LogP contribution < -0.4 is 4.90 Å². The summed E-state index contributed by atoms with van der Waals surface area (Å²) in [5.74, 6) is 0.992. The minimum Gasteiger partial charge on any atom is -0.354 e. The van der Waals surface area contributed by atoms with Gasteiger partial charge in [0.15, 0.2) is 5.65 Å². The van der Waals surface area contributed by atoms with E-state index in [4.69, 9.17) is 0 Å². The van der Waals surface area contributed by atoms with Crippen molar-refractivity contribution in [2.45, 2.75) is 19.8 Å². The van der Waals surface area contributed by atoms with E-state index in [0.29, 0.717) is 26.2 Å². The van der Waals surface area contributed by atoms with Crippen LogP contribution in [0.15, 0.2) is 18.3 Å². The van der Waals surface area contributed by atoms with Gasteiger partial charge in [-0.15, -0.1) is 0 Å². The molecule has 0 unspecified atom stereocenters. The van der Waals surface area contributed by atoms with Crippen LogP contribution >= 0.6 is 0 Å². The van der Waals surface area contributed by atoms with Gasteiger partial charge < -0.3 is 4.90 Å². The predicted octanol–water partition coefficient (Wildman–Crippen LogP) is 0.763. The van der Waals surface area contributed by atoms with Crippen molar-refractivity contribution in [3.8, 4) is 0 Å². The quantitative estimate of drug-likeness (QED) is 0.831. The van der Waals surface area contributed by atoms with Gasteiger partial charge in [0.25, 0.3) is 0 Å². The summed E-state index contributed by atoms with van der Waals surface area (Å²) < 4.78 is 26.6. The summed E-state index contributed by atoms with van der Waals surface area (Å²) in [5.41, 5.74) is 1.89. The average Bonchev–Trinajstić information content (AvgIpc) is 2.94. The molecule has 0 radical (unpaired) electrons. The van der Waals surface area contributed by atoms with Gasteiger partial charge in [-0.3, -0.25) is 0 Å². The second-order valence-corrected chi connectivity index (χ2v) is 7.59. The normalized spacial score (nSPS) is 17.3. The van der Waals surface area contributed by atoms with E-state index in [2.05, 4.69) is 28.0 Å². The first-order chi connectivity index (χ1) is 10.5. The molecule has 7 nitrogen and oxygen atoms in total. The molecule has 1 aliphatic heterocycles. The van der Waals surface area contributed by atoms with E-state index >= 15 is 0 Å². The lowest BCUT2D eigenvalue weighted by molar-refractivity contribution is 0.386. The Morgan fingerprint density at radius 1 is 1.23 bits per heavy atom. The standard InChI is InChI=1S/C14H21N5O2S/c1-3-4-12-11-14(19-13(16-12)5-6-15-19)17-7-9-18(10-8-17)22(2,20)21/h5-6,11H,3-4,7-10H2,1-2H3. The van der Waals surface area contributed by atoms with E-state index in [-0.39, 0.29) is 0 Å². The summed E-state index contributed by atoms with van der Waals surface area (Å²) in [5, 5.41) is 4.34. The maximum absolute atomic E-state index is 11.6. The molecule has 0 aliphatic carbocycles. The molecule has 3 rings (SSSR count). The molecule has 22 heavy (non-hydrogen) atoms. The number of aryl methyl sites for hydroxylation is 1. The van der Waals surface area contributed by atoms with Crippen molar-refractivity contribution in [1.29, 1.82) is 0 Å². The van der Waals surface area contributed by atoms with Crippen LogP contribution in [0.1, 0.15) is 19.0 Å². The van der Waals surface area contributed by atoms with Gasteiger partial charge in [0.1, 0.15) is 5.82 Å². The molecule has 0 aromatic carbocycles. The summed E-state index contributed by atoms with van der Waals surface area (Å²) in [6.07, 6.45) is 4.98. The van der Waals surface area contributed by atoms with E-state index < -0.39 is 10.0 Å². The average molecular weight is 323 g/mol. The van der Waals surface area contributed by atoms with Gasteiger partial charge in [-0.05, 0) is 6.42 Å². The van der Waals surface area contributed by atoms with Gasteiger partial charge in [-0.25, -0.2) is 13.4 Å². The highest BCUT2D eigenvalue weighted by molar-refractivity contribution is 7.88. The van der Waals surface area contributed by atoms with E-state index in [1.54, 1.807) is 6.20 Å². The monoisotopic (exact) mass is 323 g/mol. The van der Waals surface area contributed by atoms with Crippen LogP contribution in [0.3, 0.4) is 0 Å². The van der Waals surface area contributed by atoms with Gasteiger partial charge in [-0.2, -0.15) is 13.9 Å². The number of hydrogen-bond acceptors (Lipinski definition) is 5. The first-order valence-electron chi connectivity index (χ1n) is 7.53. The van der Waals surface area contributed by atoms with Gasteiger partial charge in [0, 0.05) is 44.0 Å². The third-order valence-corrected chi connectivity index (χ3v) is 5.23. The molecule has 0 N–H and O–H groups in total. The van der Waals surface area contributed by atoms with Crippen molar-refractivity contribution in [2.75, 3.05) is 37.3 Å². The van der Waals surface area contributed by atoms with Crippen molar-refractivity contribution >= 4 is 21.5 Å². The Kier molecular flexibility index (Phi) is 4.05. The molecule has 0 bridgehead atoms. The molecule has 3 heterocycles. The number of rotatable bonds is 4. The van der Waals surface area contributed by atoms with Crippen LogP contribution in [-0.4, -0.2) is 59.8 Å². The molecular weight excluding hydrogens is 302 g/mol. The molecule has 0 atom stereocenters. The number of nitrogens with zero attached hydrogens (tertiary/aromatic N) is 5. The van der Waals surface area contributed by atoms with E-state index in [1.807, 2.05) is 10.6 Å². The van der Waals surface area contributed by atoms with Gasteiger partial charge in [0.05, 0.1) is 12.5 Å². The van der Waals surface area contributed by atoms with Crippen LogP contribution in [0.5, 0.6) is 0 Å². The molecule has 8 heteroatoms. The summed E-state index contributed by atoms with van der Waals surface area (Å²) in [6.45, 7) is 4.47. The van der Waals surface area contributed by atoms with Crippen molar-refractivity contribution < 1.29 is 8.42 Å². The van der Waals surface area contributed by atoms with E-state index in [9.17, 15) is 8.42 Å². The maximum atomic E-state index is 11.6. The van der Waals surface area contributed by atoms with Crippen molar-refractivity contribution in [3.05, 3.63) is 24.0 Å². The number of anilines is 1. The third kappa shape index (κ3) is 2.93.